The zero-order chi connectivity index (χ0) is 20.6. The van der Waals surface area contributed by atoms with Crippen molar-refractivity contribution in [1.29, 1.82) is 0 Å². The Bertz CT molecular complexity index is 875. The zero-order valence-electron chi connectivity index (χ0n) is 17.8. The molecule has 0 saturated carbocycles. The van der Waals surface area contributed by atoms with Gasteiger partial charge in [0.1, 0.15) is 12.0 Å². The van der Waals surface area contributed by atoms with Crippen molar-refractivity contribution in [1.82, 2.24) is 14.6 Å². The number of carbonyl (C=O) groups excluding carboxylic acids is 2. The number of carbonyl (C=O) groups is 2. The van der Waals surface area contributed by atoms with Crippen LogP contribution in [0.25, 0.3) is 0 Å². The van der Waals surface area contributed by atoms with E-state index in [1.165, 1.54) is 6.26 Å². The first-order valence-electron chi connectivity index (χ1n) is 9.96. The Kier molecular flexibility index (Phi) is 5.50. The van der Waals surface area contributed by atoms with Crippen molar-refractivity contribution in [3.05, 3.63) is 40.5 Å². The van der Waals surface area contributed by atoms with Crippen molar-refractivity contribution in [3.63, 3.8) is 0 Å². The molecule has 0 bridgehead atoms. The van der Waals surface area contributed by atoms with Gasteiger partial charge in [0, 0.05) is 43.0 Å². The minimum Gasteiger partial charge on any atom is -0.364 e. The summed E-state index contributed by atoms with van der Waals surface area (Å²) in [7, 11) is 1.76. The number of nitrogens with zero attached hydrogens (tertiary/aromatic N) is 3. The number of fused-ring (bicyclic) bond motifs is 1. The fraction of sp³-hybridized carbons (Fsp3) is 0.591. The van der Waals surface area contributed by atoms with Gasteiger partial charge in [-0.3, -0.25) is 9.59 Å². The highest BCUT2D eigenvalue weighted by Gasteiger charge is 2.37. The van der Waals surface area contributed by atoms with E-state index in [-0.39, 0.29) is 23.5 Å². The molecule has 0 aliphatic heterocycles. The first-order valence-corrected chi connectivity index (χ1v) is 9.96. The Hall–Kier alpha value is -2.37. The second kappa shape index (κ2) is 7.57. The Labute approximate surface area is 166 Å². The first-order chi connectivity index (χ1) is 13.1. The fourth-order valence-corrected chi connectivity index (χ4v) is 4.17. The van der Waals surface area contributed by atoms with Crippen LogP contribution < -0.4 is 0 Å². The topological polar surface area (TPSA) is 68.3 Å². The maximum atomic E-state index is 13.0. The van der Waals surface area contributed by atoms with Gasteiger partial charge in [-0.25, -0.2) is 0 Å². The van der Waals surface area contributed by atoms with Gasteiger partial charge in [-0.2, -0.15) is 0 Å². The summed E-state index contributed by atoms with van der Waals surface area (Å²) >= 11 is 0. The molecule has 0 radical (unpaired) electrons. The zero-order valence-corrected chi connectivity index (χ0v) is 17.8. The van der Waals surface area contributed by atoms with Crippen LogP contribution in [0, 0.1) is 18.3 Å². The summed E-state index contributed by atoms with van der Waals surface area (Å²) in [6, 6.07) is 1.75. The molecule has 6 nitrogen and oxygen atoms in total. The van der Waals surface area contributed by atoms with Crippen LogP contribution in [0.2, 0.25) is 0 Å². The summed E-state index contributed by atoms with van der Waals surface area (Å²) in [5.74, 6) is 0.612. The molecule has 28 heavy (non-hydrogen) atoms. The molecule has 0 atom stereocenters. The number of rotatable bonds is 6. The lowest BCUT2D eigenvalue weighted by Gasteiger charge is -2.30. The summed E-state index contributed by atoms with van der Waals surface area (Å²) < 4.78 is 7.12. The van der Waals surface area contributed by atoms with E-state index in [1.807, 2.05) is 6.92 Å². The largest absolute Gasteiger partial charge is 0.364 e. The molecule has 0 N–H and O–H groups in total. The third kappa shape index (κ3) is 4.05. The summed E-state index contributed by atoms with van der Waals surface area (Å²) in [6.45, 7) is 11.9. The molecule has 2 aromatic heterocycles. The number of amides is 1. The quantitative estimate of drug-likeness (QED) is 0.758. The highest BCUT2D eigenvalue weighted by Crippen LogP contribution is 2.39. The Morgan fingerprint density at radius 3 is 2.68 bits per heavy atom. The van der Waals surface area contributed by atoms with Gasteiger partial charge in [0.2, 0.25) is 5.91 Å². The van der Waals surface area contributed by atoms with Crippen LogP contribution in [0.15, 0.2) is 16.9 Å². The Morgan fingerprint density at radius 2 is 2.07 bits per heavy atom. The van der Waals surface area contributed by atoms with Gasteiger partial charge in [-0.05, 0) is 30.2 Å². The van der Waals surface area contributed by atoms with E-state index in [4.69, 9.17) is 4.52 Å². The summed E-state index contributed by atoms with van der Waals surface area (Å²) in [5.41, 5.74) is 4.51. The molecule has 6 heteroatoms. The van der Waals surface area contributed by atoms with Crippen molar-refractivity contribution in [3.8, 4) is 0 Å². The lowest BCUT2D eigenvalue weighted by molar-refractivity contribution is -0.129. The number of hydrogen-bond acceptors (Lipinski definition) is 4. The number of hydrogen-bond donors (Lipinski definition) is 0. The minimum atomic E-state index is -0.0470. The monoisotopic (exact) mass is 385 g/mol. The summed E-state index contributed by atoms with van der Waals surface area (Å²) in [5, 5.41) is 3.87. The predicted molar refractivity (Wildman–Crippen MR) is 107 cm³/mol. The SMILES string of the molecule is Cc1c(CC(=O)N(C)Cc2ccon2)c2c(n1CC(C)C)CC(C)(C)CC2=O. The second-order valence-electron chi connectivity index (χ2n) is 9.25. The molecule has 0 saturated heterocycles. The highest BCUT2D eigenvalue weighted by molar-refractivity contribution is 6.01. The molecule has 0 spiro atoms. The molecule has 1 aliphatic rings. The molecule has 0 fully saturated rings. The van der Waals surface area contributed by atoms with Crippen LogP contribution in [0.3, 0.4) is 0 Å². The van der Waals surface area contributed by atoms with Crippen molar-refractivity contribution >= 4 is 11.7 Å². The van der Waals surface area contributed by atoms with Crippen molar-refractivity contribution in [2.45, 2.75) is 67.0 Å². The average molecular weight is 386 g/mol. The third-order valence-corrected chi connectivity index (χ3v) is 5.51. The number of Topliss-reactive ketones (excluding diaryl/α,β-unsaturated/α-hetero) is 1. The smallest absolute Gasteiger partial charge is 0.227 e. The lowest BCUT2D eigenvalue weighted by atomic mass is 9.75. The third-order valence-electron chi connectivity index (χ3n) is 5.51. The van der Waals surface area contributed by atoms with Gasteiger partial charge in [0.25, 0.3) is 0 Å². The molecule has 1 aliphatic carbocycles. The second-order valence-corrected chi connectivity index (χ2v) is 9.25. The molecule has 3 rings (SSSR count). The number of likely N-dealkylation sites (N-methyl/N-ethyl adjacent to an activating group) is 1. The molecule has 152 valence electrons. The average Bonchev–Trinajstić information content (AvgIpc) is 3.16. The van der Waals surface area contributed by atoms with E-state index in [1.54, 1.807) is 18.0 Å². The maximum absolute atomic E-state index is 13.0. The van der Waals surface area contributed by atoms with Gasteiger partial charge < -0.3 is 14.0 Å². The van der Waals surface area contributed by atoms with Gasteiger partial charge in [0.15, 0.2) is 5.78 Å². The van der Waals surface area contributed by atoms with Crippen molar-refractivity contribution in [2.75, 3.05) is 7.05 Å². The molecule has 2 aromatic rings. The fourth-order valence-electron chi connectivity index (χ4n) is 4.17. The van der Waals surface area contributed by atoms with E-state index in [0.717, 1.165) is 35.5 Å². The van der Waals surface area contributed by atoms with E-state index in [9.17, 15) is 9.59 Å². The van der Waals surface area contributed by atoms with E-state index in [0.29, 0.717) is 24.6 Å². The lowest BCUT2D eigenvalue weighted by Crippen LogP contribution is -2.30. The number of aromatic nitrogens is 2. The van der Waals surface area contributed by atoms with E-state index < -0.39 is 0 Å². The normalized spacial score (nSPS) is 15.8. The standard InChI is InChI=1S/C22H31N3O3/c1-14(2)12-25-15(3)17(21-18(25)10-22(4,5)11-19(21)26)9-20(27)24(6)13-16-7-8-28-23-16/h7-8,14H,9-13H2,1-6H3. The van der Waals surface area contributed by atoms with Crippen LogP contribution in [0.5, 0.6) is 0 Å². The first kappa shape index (κ1) is 20.4. The van der Waals surface area contributed by atoms with Gasteiger partial charge in [-0.1, -0.05) is 32.9 Å². The molecule has 0 aromatic carbocycles. The maximum Gasteiger partial charge on any atom is 0.227 e. The minimum absolute atomic E-state index is 0.0202. The van der Waals surface area contributed by atoms with Crippen LogP contribution in [0.4, 0.5) is 0 Å². The van der Waals surface area contributed by atoms with E-state index in [2.05, 4.69) is 37.4 Å². The van der Waals surface area contributed by atoms with Crippen molar-refractivity contribution in [2.24, 2.45) is 11.3 Å². The van der Waals surface area contributed by atoms with Crippen LogP contribution in [0.1, 0.15) is 67.1 Å². The van der Waals surface area contributed by atoms with Crippen LogP contribution >= 0.6 is 0 Å². The molecule has 2 heterocycles. The Balaban J connectivity index is 1.93. The van der Waals surface area contributed by atoms with Crippen molar-refractivity contribution < 1.29 is 14.1 Å². The molecular formula is C22H31N3O3. The molecule has 1 amide bonds. The predicted octanol–water partition coefficient (Wildman–Crippen LogP) is 3.80. The van der Waals surface area contributed by atoms with Gasteiger partial charge in [0.05, 0.1) is 13.0 Å². The Morgan fingerprint density at radius 1 is 1.36 bits per heavy atom. The summed E-state index contributed by atoms with van der Waals surface area (Å²) in [4.78, 5) is 27.5. The van der Waals surface area contributed by atoms with Gasteiger partial charge >= 0.3 is 0 Å². The number of ketones is 1. The van der Waals surface area contributed by atoms with Crippen LogP contribution in [-0.2, 0) is 30.7 Å². The van der Waals surface area contributed by atoms with Crippen LogP contribution in [-0.4, -0.2) is 33.4 Å². The molecular weight excluding hydrogens is 354 g/mol. The summed E-state index contributed by atoms with van der Waals surface area (Å²) in [6.07, 6.45) is 3.13. The highest BCUT2D eigenvalue weighted by atomic mass is 16.5. The van der Waals surface area contributed by atoms with Gasteiger partial charge in [-0.15, -0.1) is 0 Å². The van der Waals surface area contributed by atoms with E-state index >= 15 is 0 Å². The molecule has 0 unspecified atom stereocenters.